The molecule has 1 amide bonds. The van der Waals surface area contributed by atoms with Gasteiger partial charge in [0.25, 0.3) is 0 Å². The van der Waals surface area contributed by atoms with Gasteiger partial charge < -0.3 is 19.2 Å². The second-order valence-corrected chi connectivity index (χ2v) is 5.97. The number of benzene rings is 1. The third-order valence-electron chi connectivity index (χ3n) is 4.33. The Kier molecular flexibility index (Phi) is 4.80. The summed E-state index contributed by atoms with van der Waals surface area (Å²) < 4.78 is 10.9. The van der Waals surface area contributed by atoms with E-state index in [0.29, 0.717) is 30.9 Å². The number of carbonyl (C=O) groups excluding carboxylic acids is 1. The second kappa shape index (κ2) is 7.00. The SMILES string of the molecule is COC1CC(CC(=O)O)N(C(=O)CCc2nc3ccccc3o2)C1. The van der Waals surface area contributed by atoms with Crippen LogP contribution in [0, 0.1) is 0 Å². The van der Waals surface area contributed by atoms with Crippen LogP contribution < -0.4 is 0 Å². The smallest absolute Gasteiger partial charge is 0.305 e. The Morgan fingerprint density at radius 3 is 2.92 bits per heavy atom. The predicted octanol–water partition coefficient (Wildman–Crippen LogP) is 1.85. The summed E-state index contributed by atoms with van der Waals surface area (Å²) in [6, 6.07) is 7.12. The molecule has 0 spiro atoms. The molecule has 2 unspecified atom stereocenters. The standard InChI is InChI=1S/C17H20N2O5/c1-23-12-8-11(9-17(21)22)19(10-12)16(20)7-6-15-18-13-4-2-3-5-14(13)24-15/h2-5,11-12H,6-10H2,1H3,(H,21,22). The largest absolute Gasteiger partial charge is 0.481 e. The molecule has 128 valence electrons. The number of ether oxygens (including phenoxy) is 1. The number of methoxy groups -OCH3 is 1. The number of oxazole rings is 1. The van der Waals surface area contributed by atoms with Gasteiger partial charge in [-0.05, 0) is 18.6 Å². The quantitative estimate of drug-likeness (QED) is 0.868. The Bertz CT molecular complexity index is 708. The molecule has 24 heavy (non-hydrogen) atoms. The third-order valence-corrected chi connectivity index (χ3v) is 4.33. The van der Waals surface area contributed by atoms with Crippen molar-refractivity contribution in [1.29, 1.82) is 0 Å². The molecule has 0 radical (unpaired) electrons. The number of aromatic nitrogens is 1. The number of hydrogen-bond acceptors (Lipinski definition) is 5. The number of carboxylic acids is 1. The van der Waals surface area contributed by atoms with E-state index in [1.165, 1.54) is 0 Å². The fraction of sp³-hybridized carbons (Fsp3) is 0.471. The molecule has 2 aromatic rings. The van der Waals surface area contributed by atoms with Crippen LogP contribution in [-0.4, -0.2) is 52.7 Å². The van der Waals surface area contributed by atoms with Crippen LogP contribution in [0.3, 0.4) is 0 Å². The van der Waals surface area contributed by atoms with E-state index in [9.17, 15) is 9.59 Å². The van der Waals surface area contributed by atoms with Gasteiger partial charge in [0.15, 0.2) is 11.5 Å². The summed E-state index contributed by atoms with van der Waals surface area (Å²) in [6.45, 7) is 0.431. The molecule has 3 rings (SSSR count). The Hall–Kier alpha value is -2.41. The molecule has 1 aromatic heterocycles. The molecular weight excluding hydrogens is 312 g/mol. The van der Waals surface area contributed by atoms with Gasteiger partial charge in [-0.1, -0.05) is 12.1 Å². The highest BCUT2D eigenvalue weighted by Crippen LogP contribution is 2.24. The molecule has 7 nitrogen and oxygen atoms in total. The van der Waals surface area contributed by atoms with E-state index in [1.54, 1.807) is 12.0 Å². The molecule has 1 fully saturated rings. The maximum absolute atomic E-state index is 12.5. The Labute approximate surface area is 139 Å². The third kappa shape index (κ3) is 3.56. The van der Waals surface area contributed by atoms with Crippen molar-refractivity contribution in [1.82, 2.24) is 9.88 Å². The maximum Gasteiger partial charge on any atom is 0.305 e. The van der Waals surface area contributed by atoms with Crippen LogP contribution in [0.4, 0.5) is 0 Å². The van der Waals surface area contributed by atoms with E-state index in [2.05, 4.69) is 4.98 Å². The van der Waals surface area contributed by atoms with Crippen LogP contribution in [0.15, 0.2) is 28.7 Å². The molecule has 1 saturated heterocycles. The van der Waals surface area contributed by atoms with Crippen LogP contribution in [0.1, 0.15) is 25.2 Å². The zero-order valence-electron chi connectivity index (χ0n) is 13.5. The van der Waals surface area contributed by atoms with Gasteiger partial charge in [0.1, 0.15) is 5.52 Å². The molecule has 1 aliphatic rings. The summed E-state index contributed by atoms with van der Waals surface area (Å²) in [7, 11) is 1.58. The lowest BCUT2D eigenvalue weighted by molar-refractivity contribution is -0.139. The van der Waals surface area contributed by atoms with Crippen molar-refractivity contribution in [3.05, 3.63) is 30.2 Å². The molecule has 2 heterocycles. The van der Waals surface area contributed by atoms with E-state index in [4.69, 9.17) is 14.3 Å². The number of aryl methyl sites for hydroxylation is 1. The van der Waals surface area contributed by atoms with Crippen LogP contribution in [0.25, 0.3) is 11.1 Å². The van der Waals surface area contributed by atoms with E-state index in [-0.39, 0.29) is 30.9 Å². The topological polar surface area (TPSA) is 92.9 Å². The number of aliphatic carboxylic acids is 1. The number of fused-ring (bicyclic) bond motifs is 1. The summed E-state index contributed by atoms with van der Waals surface area (Å²) in [5.74, 6) is -0.488. The highest BCUT2D eigenvalue weighted by Gasteiger charge is 2.36. The zero-order valence-corrected chi connectivity index (χ0v) is 13.5. The van der Waals surface area contributed by atoms with Crippen molar-refractivity contribution in [3.63, 3.8) is 0 Å². The van der Waals surface area contributed by atoms with Crippen LogP contribution >= 0.6 is 0 Å². The molecule has 2 atom stereocenters. The normalized spacial score (nSPS) is 20.6. The summed E-state index contributed by atoms with van der Waals surface area (Å²) in [5, 5.41) is 9.02. The molecule has 1 aliphatic heterocycles. The van der Waals surface area contributed by atoms with Gasteiger partial charge in [-0.2, -0.15) is 0 Å². The summed E-state index contributed by atoms with van der Waals surface area (Å²) in [6.07, 6.45) is 1.01. The Balaban J connectivity index is 1.63. The van der Waals surface area contributed by atoms with Gasteiger partial charge >= 0.3 is 5.97 Å². The monoisotopic (exact) mass is 332 g/mol. The van der Waals surface area contributed by atoms with E-state index in [1.807, 2.05) is 24.3 Å². The highest BCUT2D eigenvalue weighted by molar-refractivity contribution is 5.78. The first-order chi connectivity index (χ1) is 11.6. The van der Waals surface area contributed by atoms with Gasteiger partial charge in [-0.25, -0.2) is 4.98 Å². The van der Waals surface area contributed by atoms with Crippen molar-refractivity contribution in [2.45, 2.75) is 37.8 Å². The maximum atomic E-state index is 12.5. The van der Waals surface area contributed by atoms with E-state index < -0.39 is 5.97 Å². The fourth-order valence-corrected chi connectivity index (χ4v) is 3.13. The second-order valence-electron chi connectivity index (χ2n) is 5.97. The van der Waals surface area contributed by atoms with Crippen molar-refractivity contribution < 1.29 is 23.8 Å². The number of amides is 1. The summed E-state index contributed by atoms with van der Waals surface area (Å²) in [5.41, 5.74) is 1.47. The minimum atomic E-state index is -0.909. The minimum Gasteiger partial charge on any atom is -0.481 e. The molecule has 0 aliphatic carbocycles. The minimum absolute atomic E-state index is 0.0610. The molecular formula is C17H20N2O5. The number of hydrogen-bond donors (Lipinski definition) is 1. The van der Waals surface area contributed by atoms with Crippen molar-refractivity contribution in [2.75, 3.05) is 13.7 Å². The zero-order chi connectivity index (χ0) is 17.1. The van der Waals surface area contributed by atoms with Gasteiger partial charge in [-0.3, -0.25) is 9.59 Å². The number of carboxylic acid groups (broad SMARTS) is 1. The van der Waals surface area contributed by atoms with Crippen LogP contribution in [-0.2, 0) is 20.7 Å². The number of likely N-dealkylation sites (tertiary alicyclic amines) is 1. The Morgan fingerprint density at radius 2 is 2.21 bits per heavy atom. The molecule has 7 heteroatoms. The molecule has 0 saturated carbocycles. The first-order valence-electron chi connectivity index (χ1n) is 7.95. The number of nitrogens with zero attached hydrogens (tertiary/aromatic N) is 2. The van der Waals surface area contributed by atoms with Crippen LogP contribution in [0.2, 0.25) is 0 Å². The molecule has 1 N–H and O–H groups in total. The highest BCUT2D eigenvalue weighted by atomic mass is 16.5. The lowest BCUT2D eigenvalue weighted by Crippen LogP contribution is -2.37. The molecule has 0 bridgehead atoms. The number of rotatable bonds is 6. The average Bonchev–Trinajstić information content (AvgIpc) is 3.15. The van der Waals surface area contributed by atoms with Gasteiger partial charge in [0.05, 0.1) is 12.5 Å². The van der Waals surface area contributed by atoms with Crippen molar-refractivity contribution in [3.8, 4) is 0 Å². The average molecular weight is 332 g/mol. The predicted molar refractivity (Wildman–Crippen MR) is 85.5 cm³/mol. The van der Waals surface area contributed by atoms with Gasteiger partial charge in [0.2, 0.25) is 5.91 Å². The van der Waals surface area contributed by atoms with E-state index in [0.717, 1.165) is 5.52 Å². The van der Waals surface area contributed by atoms with Gasteiger partial charge in [0, 0.05) is 32.5 Å². The Morgan fingerprint density at radius 1 is 1.42 bits per heavy atom. The fourth-order valence-electron chi connectivity index (χ4n) is 3.13. The number of carbonyl (C=O) groups is 2. The van der Waals surface area contributed by atoms with Gasteiger partial charge in [-0.15, -0.1) is 0 Å². The summed E-state index contributed by atoms with van der Waals surface area (Å²) >= 11 is 0. The summed E-state index contributed by atoms with van der Waals surface area (Å²) in [4.78, 5) is 29.5. The van der Waals surface area contributed by atoms with Crippen LogP contribution in [0.5, 0.6) is 0 Å². The van der Waals surface area contributed by atoms with E-state index >= 15 is 0 Å². The van der Waals surface area contributed by atoms with Crippen molar-refractivity contribution in [2.24, 2.45) is 0 Å². The first kappa shape index (κ1) is 16.4. The lowest BCUT2D eigenvalue weighted by atomic mass is 10.1. The molecule has 1 aromatic carbocycles. The van der Waals surface area contributed by atoms with Crippen molar-refractivity contribution >= 4 is 23.0 Å². The lowest BCUT2D eigenvalue weighted by Gasteiger charge is -2.23. The number of para-hydroxylation sites is 2. The first-order valence-corrected chi connectivity index (χ1v) is 7.95.